The average molecular weight is 420 g/mol. The van der Waals surface area contributed by atoms with Gasteiger partial charge in [0.1, 0.15) is 18.2 Å². The minimum atomic E-state index is -0.285. The number of nitrogens with zero attached hydrogens (tertiary/aromatic N) is 1. The molecule has 3 N–H and O–H groups in total. The second-order valence-corrected chi connectivity index (χ2v) is 7.30. The highest BCUT2D eigenvalue weighted by molar-refractivity contribution is 5.70. The lowest BCUT2D eigenvalue weighted by Crippen LogP contribution is -2.27. The minimum absolute atomic E-state index is 0.189. The number of aromatic nitrogens is 1. The van der Waals surface area contributed by atoms with Gasteiger partial charge in [-0.3, -0.25) is 4.79 Å². The third-order valence-corrected chi connectivity index (χ3v) is 4.65. The summed E-state index contributed by atoms with van der Waals surface area (Å²) in [6.07, 6.45) is 3.43. The predicted molar refractivity (Wildman–Crippen MR) is 122 cm³/mol. The van der Waals surface area contributed by atoms with Crippen molar-refractivity contribution < 1.29 is 14.3 Å². The van der Waals surface area contributed by atoms with Gasteiger partial charge in [0.05, 0.1) is 13.0 Å². The van der Waals surface area contributed by atoms with Gasteiger partial charge in [0.25, 0.3) is 0 Å². The summed E-state index contributed by atoms with van der Waals surface area (Å²) < 4.78 is 11.1. The molecule has 1 atom stereocenters. The highest BCUT2D eigenvalue weighted by Crippen LogP contribution is 2.14. The Labute approximate surface area is 183 Å². The van der Waals surface area contributed by atoms with Crippen molar-refractivity contribution in [3.05, 3.63) is 90.1 Å². The lowest BCUT2D eigenvalue weighted by atomic mass is 10.0. The Bertz CT molecular complexity index is 902. The SMILES string of the molecule is N[C@H](CC(=O)OCc1ccccc1)Cc1ccc(OCCCNc2ccccn2)cc1. The van der Waals surface area contributed by atoms with E-state index in [1.54, 1.807) is 6.20 Å². The number of ether oxygens (including phenoxy) is 2. The van der Waals surface area contributed by atoms with E-state index in [-0.39, 0.29) is 25.0 Å². The Morgan fingerprint density at radius 1 is 0.968 bits per heavy atom. The van der Waals surface area contributed by atoms with Gasteiger partial charge in [0.15, 0.2) is 0 Å². The van der Waals surface area contributed by atoms with Crippen molar-refractivity contribution in [3.8, 4) is 5.75 Å². The Morgan fingerprint density at radius 3 is 2.48 bits per heavy atom. The number of anilines is 1. The number of carbonyl (C=O) groups excluding carboxylic acids is 1. The summed E-state index contributed by atoms with van der Waals surface area (Å²) >= 11 is 0. The van der Waals surface area contributed by atoms with Crippen molar-refractivity contribution in [2.45, 2.75) is 31.9 Å². The van der Waals surface area contributed by atoms with Crippen LogP contribution in [0.15, 0.2) is 79.0 Å². The Morgan fingerprint density at radius 2 is 1.74 bits per heavy atom. The maximum atomic E-state index is 12.0. The molecule has 0 aliphatic heterocycles. The molecule has 0 fully saturated rings. The van der Waals surface area contributed by atoms with Gasteiger partial charge in [-0.05, 0) is 48.2 Å². The standard InChI is InChI=1S/C25H29N3O3/c26-22(18-25(29)31-19-21-7-2-1-3-8-21)17-20-10-12-23(13-11-20)30-16-6-15-28-24-9-4-5-14-27-24/h1-5,7-14,22H,6,15-19,26H2,(H,27,28)/t22-/m0/s1. The molecular weight excluding hydrogens is 390 g/mol. The fourth-order valence-corrected chi connectivity index (χ4v) is 3.05. The molecule has 3 rings (SSSR count). The van der Waals surface area contributed by atoms with Crippen LogP contribution in [-0.4, -0.2) is 30.1 Å². The van der Waals surface area contributed by atoms with Gasteiger partial charge in [-0.25, -0.2) is 4.98 Å². The van der Waals surface area contributed by atoms with Gasteiger partial charge in [0.2, 0.25) is 0 Å². The molecule has 1 aromatic heterocycles. The third-order valence-electron chi connectivity index (χ3n) is 4.65. The monoisotopic (exact) mass is 419 g/mol. The molecule has 6 nitrogen and oxygen atoms in total. The molecule has 3 aromatic rings. The zero-order chi connectivity index (χ0) is 21.7. The van der Waals surface area contributed by atoms with Crippen LogP contribution in [-0.2, 0) is 22.6 Å². The molecule has 162 valence electrons. The number of nitrogens with two attached hydrogens (primary N) is 1. The Kier molecular flexibility index (Phi) is 8.88. The van der Waals surface area contributed by atoms with E-state index in [1.165, 1.54) is 0 Å². The topological polar surface area (TPSA) is 86.5 Å². The zero-order valence-corrected chi connectivity index (χ0v) is 17.6. The lowest BCUT2D eigenvalue weighted by molar-refractivity contribution is -0.145. The van der Waals surface area contributed by atoms with E-state index < -0.39 is 0 Å². The molecule has 31 heavy (non-hydrogen) atoms. The maximum Gasteiger partial charge on any atom is 0.307 e. The fourth-order valence-electron chi connectivity index (χ4n) is 3.05. The van der Waals surface area contributed by atoms with E-state index in [0.717, 1.165) is 35.7 Å². The molecular formula is C25H29N3O3. The van der Waals surface area contributed by atoms with E-state index in [4.69, 9.17) is 15.2 Å². The lowest BCUT2D eigenvalue weighted by Gasteiger charge is -2.12. The normalized spacial score (nSPS) is 11.5. The summed E-state index contributed by atoms with van der Waals surface area (Å²) in [4.78, 5) is 16.2. The highest BCUT2D eigenvalue weighted by atomic mass is 16.5. The van der Waals surface area contributed by atoms with Crippen LogP contribution in [0, 0.1) is 0 Å². The smallest absolute Gasteiger partial charge is 0.307 e. The van der Waals surface area contributed by atoms with E-state index in [1.807, 2.05) is 72.8 Å². The van der Waals surface area contributed by atoms with E-state index >= 15 is 0 Å². The summed E-state index contributed by atoms with van der Waals surface area (Å²) in [7, 11) is 0. The summed E-state index contributed by atoms with van der Waals surface area (Å²) in [6.45, 7) is 1.69. The molecule has 0 spiro atoms. The van der Waals surface area contributed by atoms with Crippen LogP contribution in [0.25, 0.3) is 0 Å². The van der Waals surface area contributed by atoms with E-state index in [2.05, 4.69) is 10.3 Å². The number of carbonyl (C=O) groups is 1. The summed E-state index contributed by atoms with van der Waals surface area (Å²) in [5.74, 6) is 1.40. The van der Waals surface area contributed by atoms with Crippen LogP contribution in [0.4, 0.5) is 5.82 Å². The molecule has 1 heterocycles. The summed E-state index contributed by atoms with van der Waals surface area (Å²) in [6, 6.07) is 22.9. The van der Waals surface area contributed by atoms with Crippen molar-refractivity contribution in [2.75, 3.05) is 18.5 Å². The quantitative estimate of drug-likeness (QED) is 0.341. The molecule has 0 amide bonds. The van der Waals surface area contributed by atoms with Gasteiger partial charge in [-0.1, -0.05) is 48.5 Å². The second-order valence-electron chi connectivity index (χ2n) is 7.30. The molecule has 0 saturated carbocycles. The molecule has 0 saturated heterocycles. The number of nitrogens with one attached hydrogen (secondary N) is 1. The minimum Gasteiger partial charge on any atom is -0.494 e. The largest absolute Gasteiger partial charge is 0.494 e. The number of benzene rings is 2. The van der Waals surface area contributed by atoms with E-state index in [0.29, 0.717) is 13.0 Å². The predicted octanol–water partition coefficient (Wildman–Crippen LogP) is 3.97. The molecule has 0 aliphatic rings. The van der Waals surface area contributed by atoms with Crippen molar-refractivity contribution in [1.29, 1.82) is 0 Å². The van der Waals surface area contributed by atoms with E-state index in [9.17, 15) is 4.79 Å². The van der Waals surface area contributed by atoms with Gasteiger partial charge in [0, 0.05) is 18.8 Å². The zero-order valence-electron chi connectivity index (χ0n) is 17.6. The molecule has 0 aliphatic carbocycles. The first-order valence-corrected chi connectivity index (χ1v) is 10.5. The van der Waals surface area contributed by atoms with Crippen molar-refractivity contribution in [1.82, 2.24) is 4.98 Å². The first-order chi connectivity index (χ1) is 15.2. The van der Waals surface area contributed by atoms with Crippen molar-refractivity contribution >= 4 is 11.8 Å². The van der Waals surface area contributed by atoms with Gasteiger partial charge in [-0.2, -0.15) is 0 Å². The van der Waals surface area contributed by atoms with Crippen LogP contribution in [0.1, 0.15) is 24.0 Å². The van der Waals surface area contributed by atoms with Crippen molar-refractivity contribution in [3.63, 3.8) is 0 Å². The van der Waals surface area contributed by atoms with Gasteiger partial charge >= 0.3 is 5.97 Å². The van der Waals surface area contributed by atoms with Crippen LogP contribution in [0.2, 0.25) is 0 Å². The van der Waals surface area contributed by atoms with Crippen LogP contribution < -0.4 is 15.8 Å². The van der Waals surface area contributed by atoms with Gasteiger partial charge in [-0.15, -0.1) is 0 Å². The number of hydrogen-bond acceptors (Lipinski definition) is 6. The van der Waals surface area contributed by atoms with Crippen LogP contribution >= 0.6 is 0 Å². The number of esters is 1. The highest BCUT2D eigenvalue weighted by Gasteiger charge is 2.12. The molecule has 0 radical (unpaired) electrons. The molecule has 0 bridgehead atoms. The van der Waals surface area contributed by atoms with Crippen LogP contribution in [0.3, 0.4) is 0 Å². The fraction of sp³-hybridized carbons (Fsp3) is 0.280. The Hall–Kier alpha value is -3.38. The number of hydrogen-bond donors (Lipinski definition) is 2. The summed E-state index contributed by atoms with van der Waals surface area (Å²) in [5, 5.41) is 3.25. The first-order valence-electron chi connectivity index (χ1n) is 10.5. The molecule has 2 aromatic carbocycles. The Balaban J connectivity index is 1.31. The number of pyridine rings is 1. The third kappa shape index (κ3) is 8.48. The number of rotatable bonds is 12. The first kappa shape index (κ1) is 22.3. The second kappa shape index (κ2) is 12.3. The molecule has 6 heteroatoms. The average Bonchev–Trinajstić information content (AvgIpc) is 2.80. The van der Waals surface area contributed by atoms with Gasteiger partial charge < -0.3 is 20.5 Å². The summed E-state index contributed by atoms with van der Waals surface area (Å²) in [5.41, 5.74) is 8.16. The van der Waals surface area contributed by atoms with Crippen LogP contribution in [0.5, 0.6) is 5.75 Å². The maximum absolute atomic E-state index is 12.0. The molecule has 0 unspecified atom stereocenters. The van der Waals surface area contributed by atoms with Crippen molar-refractivity contribution in [2.24, 2.45) is 5.73 Å².